The van der Waals surface area contributed by atoms with Crippen LogP contribution in [0.5, 0.6) is 5.75 Å². The largest absolute Gasteiger partial charge is 0.497 e. The lowest BCUT2D eigenvalue weighted by Crippen LogP contribution is -2.59. The molecule has 2 heterocycles. The van der Waals surface area contributed by atoms with Crippen molar-refractivity contribution in [2.75, 3.05) is 20.2 Å². The quantitative estimate of drug-likeness (QED) is 0.861. The number of methoxy groups -OCH3 is 1. The summed E-state index contributed by atoms with van der Waals surface area (Å²) in [5.74, 6) is 0.648. The van der Waals surface area contributed by atoms with Crippen molar-refractivity contribution < 1.29 is 13.2 Å². The molecule has 1 aromatic heterocycles. The number of sulfonamides is 1. The molecule has 1 aliphatic heterocycles. The zero-order valence-electron chi connectivity index (χ0n) is 13.3. The molecule has 0 spiro atoms. The van der Waals surface area contributed by atoms with Crippen LogP contribution in [0, 0.1) is 0 Å². The maximum absolute atomic E-state index is 12.5. The molecule has 0 unspecified atom stereocenters. The van der Waals surface area contributed by atoms with E-state index in [4.69, 9.17) is 4.74 Å². The van der Waals surface area contributed by atoms with Crippen molar-refractivity contribution in [2.45, 2.75) is 17.5 Å². The molecular weight excluding hydrogens is 314 g/mol. The molecule has 0 saturated carbocycles. The maximum atomic E-state index is 12.5. The average molecular weight is 335 g/mol. The first-order valence-electron chi connectivity index (χ1n) is 7.47. The Morgan fingerprint density at radius 2 is 1.91 bits per heavy atom. The number of benzene rings is 1. The summed E-state index contributed by atoms with van der Waals surface area (Å²) >= 11 is 0. The Balaban J connectivity index is 1.55. The van der Waals surface area contributed by atoms with Crippen LogP contribution in [0.15, 0.2) is 47.6 Å². The van der Waals surface area contributed by atoms with Gasteiger partial charge in [-0.25, -0.2) is 8.42 Å². The molecule has 1 saturated heterocycles. The lowest BCUT2D eigenvalue weighted by Gasteiger charge is -2.38. The molecule has 1 aromatic carbocycles. The minimum atomic E-state index is -3.41. The van der Waals surface area contributed by atoms with Crippen LogP contribution < -0.4 is 10.1 Å². The zero-order chi connectivity index (χ0) is 16.4. The maximum Gasteiger partial charge on any atom is 0.243 e. The number of nitrogens with one attached hydrogen (secondary N) is 1. The highest BCUT2D eigenvalue weighted by atomic mass is 32.2. The van der Waals surface area contributed by atoms with Crippen LogP contribution in [-0.2, 0) is 23.6 Å². The second-order valence-electron chi connectivity index (χ2n) is 5.76. The van der Waals surface area contributed by atoms with E-state index in [0.29, 0.717) is 23.7 Å². The first-order valence-corrected chi connectivity index (χ1v) is 8.91. The SMILES string of the molecule is COc1ccc(S(=O)(=O)N2CC(NCc3ccn(C)c3)C2)cc1. The number of aromatic nitrogens is 1. The first-order chi connectivity index (χ1) is 11.0. The minimum absolute atomic E-state index is 0.197. The molecule has 124 valence electrons. The van der Waals surface area contributed by atoms with Gasteiger partial charge in [0.2, 0.25) is 10.0 Å². The summed E-state index contributed by atoms with van der Waals surface area (Å²) in [7, 11) is 0.134. The fraction of sp³-hybridized carbons (Fsp3) is 0.375. The smallest absolute Gasteiger partial charge is 0.243 e. The number of hydrogen-bond donors (Lipinski definition) is 1. The van der Waals surface area contributed by atoms with E-state index >= 15 is 0 Å². The fourth-order valence-corrected chi connectivity index (χ4v) is 4.12. The Kier molecular flexibility index (Phi) is 4.43. The van der Waals surface area contributed by atoms with E-state index in [-0.39, 0.29) is 6.04 Å². The van der Waals surface area contributed by atoms with Crippen LogP contribution >= 0.6 is 0 Å². The van der Waals surface area contributed by atoms with Crippen LogP contribution in [0.2, 0.25) is 0 Å². The molecule has 0 atom stereocenters. The van der Waals surface area contributed by atoms with Gasteiger partial charge in [0.15, 0.2) is 0 Å². The molecule has 3 rings (SSSR count). The zero-order valence-corrected chi connectivity index (χ0v) is 14.1. The van der Waals surface area contributed by atoms with Gasteiger partial charge < -0.3 is 14.6 Å². The van der Waals surface area contributed by atoms with Crippen LogP contribution in [0.3, 0.4) is 0 Å². The number of rotatable bonds is 6. The Hall–Kier alpha value is -1.83. The van der Waals surface area contributed by atoms with E-state index < -0.39 is 10.0 Å². The molecule has 0 bridgehead atoms. The van der Waals surface area contributed by atoms with Crippen LogP contribution in [-0.4, -0.2) is 43.5 Å². The first kappa shape index (κ1) is 16.0. The molecular formula is C16H21N3O3S. The Morgan fingerprint density at radius 1 is 1.22 bits per heavy atom. The summed E-state index contributed by atoms with van der Waals surface area (Å²) in [6.07, 6.45) is 4.05. The predicted octanol–water partition coefficient (Wildman–Crippen LogP) is 1.20. The van der Waals surface area contributed by atoms with Crippen molar-refractivity contribution in [1.29, 1.82) is 0 Å². The number of ether oxygens (including phenoxy) is 1. The van der Waals surface area contributed by atoms with Gasteiger partial charge in [-0.05, 0) is 35.9 Å². The molecule has 6 nitrogen and oxygen atoms in total. The van der Waals surface area contributed by atoms with Gasteiger partial charge in [0.05, 0.1) is 12.0 Å². The Morgan fingerprint density at radius 3 is 2.48 bits per heavy atom. The molecule has 0 amide bonds. The number of nitrogens with zero attached hydrogens (tertiary/aromatic N) is 2. The monoisotopic (exact) mass is 335 g/mol. The average Bonchev–Trinajstić information content (AvgIpc) is 2.91. The summed E-state index contributed by atoms with van der Waals surface area (Å²) in [5, 5.41) is 3.38. The van der Waals surface area contributed by atoms with E-state index in [0.717, 1.165) is 6.54 Å². The second kappa shape index (κ2) is 6.35. The van der Waals surface area contributed by atoms with Crippen molar-refractivity contribution in [1.82, 2.24) is 14.2 Å². The summed E-state index contributed by atoms with van der Waals surface area (Å²) in [6, 6.07) is 8.74. The number of aryl methyl sites for hydroxylation is 1. The van der Waals surface area contributed by atoms with Gasteiger partial charge in [-0.15, -0.1) is 0 Å². The van der Waals surface area contributed by atoms with Crippen molar-refractivity contribution in [2.24, 2.45) is 7.05 Å². The molecule has 1 N–H and O–H groups in total. The summed E-state index contributed by atoms with van der Waals surface area (Å²) in [5.41, 5.74) is 1.20. The molecule has 1 aliphatic rings. The van der Waals surface area contributed by atoms with Crippen molar-refractivity contribution >= 4 is 10.0 Å². The van der Waals surface area contributed by atoms with Gasteiger partial charge in [-0.1, -0.05) is 0 Å². The van der Waals surface area contributed by atoms with Crippen LogP contribution in [0.4, 0.5) is 0 Å². The summed E-state index contributed by atoms with van der Waals surface area (Å²) in [6.45, 7) is 1.75. The Bertz CT molecular complexity index is 762. The molecule has 1 fully saturated rings. The standard InChI is InChI=1S/C16H21N3O3S/c1-18-8-7-13(10-18)9-17-14-11-19(12-14)23(20,21)16-5-3-15(22-2)4-6-16/h3-8,10,14,17H,9,11-12H2,1-2H3. The minimum Gasteiger partial charge on any atom is -0.497 e. The second-order valence-corrected chi connectivity index (χ2v) is 7.70. The van der Waals surface area contributed by atoms with Gasteiger partial charge in [0, 0.05) is 45.1 Å². The van der Waals surface area contributed by atoms with Gasteiger partial charge in [0.1, 0.15) is 5.75 Å². The normalized spacial score (nSPS) is 16.3. The highest BCUT2D eigenvalue weighted by Crippen LogP contribution is 2.23. The van der Waals surface area contributed by atoms with Gasteiger partial charge in [0.25, 0.3) is 0 Å². The van der Waals surface area contributed by atoms with Crippen molar-refractivity contribution in [3.63, 3.8) is 0 Å². The van der Waals surface area contributed by atoms with E-state index in [1.54, 1.807) is 31.4 Å². The van der Waals surface area contributed by atoms with Gasteiger partial charge in [-0.3, -0.25) is 0 Å². The molecule has 0 aliphatic carbocycles. The number of hydrogen-bond acceptors (Lipinski definition) is 4. The van der Waals surface area contributed by atoms with Gasteiger partial charge in [-0.2, -0.15) is 4.31 Å². The van der Waals surface area contributed by atoms with Crippen LogP contribution in [0.25, 0.3) is 0 Å². The molecule has 2 aromatic rings. The van der Waals surface area contributed by atoms with E-state index in [1.807, 2.05) is 17.8 Å². The lowest BCUT2D eigenvalue weighted by atomic mass is 10.2. The van der Waals surface area contributed by atoms with Crippen molar-refractivity contribution in [3.05, 3.63) is 48.3 Å². The van der Waals surface area contributed by atoms with E-state index in [1.165, 1.54) is 9.87 Å². The lowest BCUT2D eigenvalue weighted by molar-refractivity contribution is 0.225. The van der Waals surface area contributed by atoms with E-state index in [9.17, 15) is 8.42 Å². The third kappa shape index (κ3) is 3.41. The molecule has 23 heavy (non-hydrogen) atoms. The third-order valence-electron chi connectivity index (χ3n) is 4.03. The topological polar surface area (TPSA) is 63.6 Å². The summed E-state index contributed by atoms with van der Waals surface area (Å²) in [4.78, 5) is 0.305. The molecule has 7 heteroatoms. The van der Waals surface area contributed by atoms with Gasteiger partial charge >= 0.3 is 0 Å². The Labute approximate surface area is 136 Å². The highest BCUT2D eigenvalue weighted by Gasteiger charge is 2.36. The highest BCUT2D eigenvalue weighted by molar-refractivity contribution is 7.89. The van der Waals surface area contributed by atoms with E-state index in [2.05, 4.69) is 17.6 Å². The summed E-state index contributed by atoms with van der Waals surface area (Å²) < 4.78 is 33.5. The molecule has 0 radical (unpaired) electrons. The predicted molar refractivity (Wildman–Crippen MR) is 87.8 cm³/mol. The third-order valence-corrected chi connectivity index (χ3v) is 5.88. The van der Waals surface area contributed by atoms with Crippen LogP contribution in [0.1, 0.15) is 5.56 Å². The fourth-order valence-electron chi connectivity index (χ4n) is 2.59. The van der Waals surface area contributed by atoms with Crippen molar-refractivity contribution in [3.8, 4) is 5.75 Å².